The van der Waals surface area contributed by atoms with Crippen LogP contribution in [0.2, 0.25) is 5.02 Å². The summed E-state index contributed by atoms with van der Waals surface area (Å²) >= 11 is 5.69. The van der Waals surface area contributed by atoms with Gasteiger partial charge < -0.3 is 10.2 Å². The van der Waals surface area contributed by atoms with Crippen molar-refractivity contribution in [2.45, 2.75) is 45.3 Å². The molecule has 1 aliphatic heterocycles. The summed E-state index contributed by atoms with van der Waals surface area (Å²) in [4.78, 5) is 25.4. The third kappa shape index (κ3) is 4.45. The van der Waals surface area contributed by atoms with Crippen LogP contribution >= 0.6 is 11.6 Å². The van der Waals surface area contributed by atoms with Crippen molar-refractivity contribution in [1.82, 2.24) is 20.0 Å². The average Bonchev–Trinajstić information content (AvgIpc) is 3.07. The predicted molar refractivity (Wildman–Crippen MR) is 85.1 cm³/mol. The van der Waals surface area contributed by atoms with Crippen molar-refractivity contribution in [3.63, 3.8) is 0 Å². The van der Waals surface area contributed by atoms with Gasteiger partial charge in [-0.15, -0.1) is 0 Å². The molecular weight excluding hydrogens is 361 g/mol. The highest BCUT2D eigenvalue weighted by atomic mass is 35.5. The molecule has 6 nitrogen and oxygen atoms in total. The number of aromatic nitrogens is 2. The zero-order valence-corrected chi connectivity index (χ0v) is 14.7. The molecule has 1 aromatic rings. The van der Waals surface area contributed by atoms with E-state index in [1.807, 2.05) is 0 Å². The molecule has 0 aliphatic carbocycles. The second-order valence-corrected chi connectivity index (χ2v) is 6.37. The predicted octanol–water partition coefficient (Wildman–Crippen LogP) is 2.55. The van der Waals surface area contributed by atoms with Crippen molar-refractivity contribution in [3.8, 4) is 0 Å². The molecule has 140 valence electrons. The van der Waals surface area contributed by atoms with E-state index in [-0.39, 0.29) is 11.6 Å². The fraction of sp³-hybridized carbons (Fsp3) is 0.667. The molecule has 1 aromatic heterocycles. The van der Waals surface area contributed by atoms with Crippen LogP contribution in [-0.4, -0.2) is 46.1 Å². The van der Waals surface area contributed by atoms with Gasteiger partial charge in [-0.05, 0) is 26.7 Å². The molecule has 2 rings (SSSR count). The molecule has 2 heterocycles. The summed E-state index contributed by atoms with van der Waals surface area (Å²) in [7, 11) is 0. The van der Waals surface area contributed by atoms with E-state index in [4.69, 9.17) is 11.6 Å². The van der Waals surface area contributed by atoms with Gasteiger partial charge in [-0.25, -0.2) is 0 Å². The van der Waals surface area contributed by atoms with Crippen LogP contribution in [0.4, 0.5) is 13.2 Å². The molecule has 0 spiro atoms. The van der Waals surface area contributed by atoms with Gasteiger partial charge in [0.25, 0.3) is 0 Å². The lowest BCUT2D eigenvalue weighted by Crippen LogP contribution is -2.34. The maximum atomic E-state index is 12.8. The summed E-state index contributed by atoms with van der Waals surface area (Å²) in [5, 5.41) is 5.60. The van der Waals surface area contributed by atoms with Gasteiger partial charge in [-0.1, -0.05) is 11.6 Å². The van der Waals surface area contributed by atoms with Gasteiger partial charge in [0.2, 0.25) is 11.8 Å². The number of nitrogens with zero attached hydrogens (tertiary/aromatic N) is 3. The number of amides is 2. The molecular formula is C15H20ClF3N4O2. The van der Waals surface area contributed by atoms with Gasteiger partial charge in [0.1, 0.15) is 6.04 Å². The Hall–Kier alpha value is -1.77. The first-order chi connectivity index (χ1) is 11.6. The van der Waals surface area contributed by atoms with Crippen LogP contribution < -0.4 is 5.32 Å². The molecule has 0 unspecified atom stereocenters. The van der Waals surface area contributed by atoms with Crippen LogP contribution in [0.3, 0.4) is 0 Å². The summed E-state index contributed by atoms with van der Waals surface area (Å²) < 4.78 is 39.5. The third-order valence-electron chi connectivity index (χ3n) is 4.17. The Morgan fingerprint density at radius 2 is 2.12 bits per heavy atom. The number of nitrogens with one attached hydrogen (secondary N) is 1. The van der Waals surface area contributed by atoms with Gasteiger partial charge >= 0.3 is 6.18 Å². The number of alkyl halides is 3. The average molecular weight is 381 g/mol. The molecule has 2 amide bonds. The summed E-state index contributed by atoms with van der Waals surface area (Å²) in [6, 6.07) is -0.929. The van der Waals surface area contributed by atoms with Gasteiger partial charge in [0.05, 0.1) is 10.7 Å². The SMILES string of the molecule is Cc1c(Cl)c(C(F)(F)F)nn1[C@@H](C)C(=O)NCCCN1CCCC1=O. The van der Waals surface area contributed by atoms with Crippen molar-refractivity contribution in [1.29, 1.82) is 0 Å². The fourth-order valence-corrected chi connectivity index (χ4v) is 2.97. The molecule has 0 aromatic carbocycles. The Labute approximate surface area is 148 Å². The fourth-order valence-electron chi connectivity index (χ4n) is 2.74. The number of carbonyl (C=O) groups excluding carboxylic acids is 2. The molecule has 0 radical (unpaired) electrons. The van der Waals surface area contributed by atoms with Gasteiger partial charge in [0.15, 0.2) is 5.69 Å². The van der Waals surface area contributed by atoms with Crippen molar-refractivity contribution < 1.29 is 22.8 Å². The maximum absolute atomic E-state index is 12.8. The van der Waals surface area contributed by atoms with E-state index < -0.39 is 28.8 Å². The number of hydrogen-bond acceptors (Lipinski definition) is 3. The molecule has 10 heteroatoms. The van der Waals surface area contributed by atoms with Crippen LogP contribution in [0.25, 0.3) is 0 Å². The van der Waals surface area contributed by atoms with E-state index in [1.54, 1.807) is 4.90 Å². The lowest BCUT2D eigenvalue weighted by molar-refractivity contribution is -0.142. The first-order valence-corrected chi connectivity index (χ1v) is 8.38. The van der Waals surface area contributed by atoms with E-state index in [0.717, 1.165) is 17.6 Å². The van der Waals surface area contributed by atoms with Gasteiger partial charge in [-0.2, -0.15) is 18.3 Å². The Kier molecular flexibility index (Phi) is 5.97. The largest absolute Gasteiger partial charge is 0.436 e. The summed E-state index contributed by atoms with van der Waals surface area (Å²) in [5.41, 5.74) is -1.11. The van der Waals surface area contributed by atoms with Crippen LogP contribution in [0, 0.1) is 6.92 Å². The molecule has 25 heavy (non-hydrogen) atoms. The molecule has 1 N–H and O–H groups in total. The summed E-state index contributed by atoms with van der Waals surface area (Å²) in [6.45, 7) is 4.45. The van der Waals surface area contributed by atoms with Crippen molar-refractivity contribution in [3.05, 3.63) is 16.4 Å². The number of halogens is 4. The molecule has 0 saturated carbocycles. The molecule has 0 bridgehead atoms. The van der Waals surface area contributed by atoms with Crippen LogP contribution in [0.15, 0.2) is 0 Å². The van der Waals surface area contributed by atoms with Crippen LogP contribution in [-0.2, 0) is 15.8 Å². The summed E-state index contributed by atoms with van der Waals surface area (Å²) in [6.07, 6.45) is -2.68. The van der Waals surface area contributed by atoms with E-state index in [2.05, 4.69) is 10.4 Å². The van der Waals surface area contributed by atoms with E-state index in [0.29, 0.717) is 25.9 Å². The topological polar surface area (TPSA) is 67.2 Å². The van der Waals surface area contributed by atoms with Gasteiger partial charge in [-0.3, -0.25) is 14.3 Å². The minimum absolute atomic E-state index is 0.0827. The number of carbonyl (C=O) groups is 2. The van der Waals surface area contributed by atoms with Crippen molar-refractivity contribution in [2.75, 3.05) is 19.6 Å². The first kappa shape index (κ1) is 19.6. The minimum Gasteiger partial charge on any atom is -0.354 e. The number of likely N-dealkylation sites (tertiary alicyclic amines) is 1. The molecule has 1 aliphatic rings. The normalized spacial score (nSPS) is 16.4. The smallest absolute Gasteiger partial charge is 0.354 e. The van der Waals surface area contributed by atoms with Crippen molar-refractivity contribution in [2.24, 2.45) is 0 Å². The second-order valence-electron chi connectivity index (χ2n) is 6.00. The monoisotopic (exact) mass is 380 g/mol. The zero-order chi connectivity index (χ0) is 18.8. The Morgan fingerprint density at radius 1 is 1.44 bits per heavy atom. The highest BCUT2D eigenvalue weighted by molar-refractivity contribution is 6.32. The molecule has 1 fully saturated rings. The lowest BCUT2D eigenvalue weighted by atomic mass is 10.3. The van der Waals surface area contributed by atoms with Crippen LogP contribution in [0.1, 0.15) is 43.6 Å². The van der Waals surface area contributed by atoms with E-state index in [1.165, 1.54) is 13.8 Å². The first-order valence-electron chi connectivity index (χ1n) is 8.00. The quantitative estimate of drug-likeness (QED) is 0.771. The number of rotatable bonds is 6. The highest BCUT2D eigenvalue weighted by Crippen LogP contribution is 2.36. The van der Waals surface area contributed by atoms with Crippen LogP contribution in [0.5, 0.6) is 0 Å². The van der Waals surface area contributed by atoms with E-state index >= 15 is 0 Å². The van der Waals surface area contributed by atoms with Crippen molar-refractivity contribution >= 4 is 23.4 Å². The Bertz CT molecular complexity index is 660. The third-order valence-corrected chi connectivity index (χ3v) is 4.62. The van der Waals surface area contributed by atoms with Gasteiger partial charge in [0, 0.05) is 26.1 Å². The zero-order valence-electron chi connectivity index (χ0n) is 14.0. The standard InChI is InChI=1S/C15H20ClF3N4O2/c1-9-12(16)13(15(17,18)19)21-23(9)10(2)14(25)20-6-4-8-22-7-3-5-11(22)24/h10H,3-8H2,1-2H3,(H,20,25)/t10-/m0/s1. The highest BCUT2D eigenvalue weighted by Gasteiger charge is 2.39. The Balaban J connectivity index is 1.90. The minimum atomic E-state index is -4.68. The lowest BCUT2D eigenvalue weighted by Gasteiger charge is -2.17. The maximum Gasteiger partial charge on any atom is 0.436 e. The molecule has 1 atom stereocenters. The number of hydrogen-bond donors (Lipinski definition) is 1. The second kappa shape index (κ2) is 7.63. The van der Waals surface area contributed by atoms with E-state index in [9.17, 15) is 22.8 Å². The Morgan fingerprint density at radius 3 is 2.64 bits per heavy atom. The molecule has 1 saturated heterocycles. The summed E-state index contributed by atoms with van der Waals surface area (Å²) in [5.74, 6) is -0.343.